The number of urea groups is 1. The standard InChI is InChI=1S/C18H18F6N2O2/c1-2-11-28-14-5-3-13(4-6-14)7-9-25-15(27)26-10-8-16(12-26,17(19,20)21)18(22,23)24/h1,3-6H,7-12H2,(H,25,27). The summed E-state index contributed by atoms with van der Waals surface area (Å²) in [7, 11) is 0. The van der Waals surface area contributed by atoms with E-state index in [2.05, 4.69) is 11.2 Å². The van der Waals surface area contributed by atoms with Crippen molar-refractivity contribution in [2.45, 2.75) is 25.2 Å². The Labute approximate surface area is 157 Å². The fourth-order valence-electron chi connectivity index (χ4n) is 2.91. The number of terminal acetylenes is 1. The van der Waals surface area contributed by atoms with Crippen molar-refractivity contribution < 1.29 is 35.9 Å². The second-order valence-corrected chi connectivity index (χ2v) is 6.37. The quantitative estimate of drug-likeness (QED) is 0.596. The predicted octanol–water partition coefficient (Wildman–Crippen LogP) is 3.77. The van der Waals surface area contributed by atoms with Crippen LogP contribution in [0.25, 0.3) is 0 Å². The summed E-state index contributed by atoms with van der Waals surface area (Å²) in [6.07, 6.45) is -6.75. The fourth-order valence-corrected chi connectivity index (χ4v) is 2.91. The summed E-state index contributed by atoms with van der Waals surface area (Å²) in [5.41, 5.74) is -3.08. The first-order chi connectivity index (χ1) is 13.0. The first-order valence-corrected chi connectivity index (χ1v) is 8.31. The van der Waals surface area contributed by atoms with Crippen molar-refractivity contribution in [1.29, 1.82) is 0 Å². The maximum atomic E-state index is 13.0. The van der Waals surface area contributed by atoms with Crippen LogP contribution >= 0.6 is 0 Å². The topological polar surface area (TPSA) is 41.6 Å². The Bertz CT molecular complexity index is 708. The van der Waals surface area contributed by atoms with Crippen molar-refractivity contribution in [2.24, 2.45) is 5.41 Å². The second-order valence-electron chi connectivity index (χ2n) is 6.37. The fraction of sp³-hybridized carbons (Fsp3) is 0.500. The molecule has 1 aromatic rings. The van der Waals surface area contributed by atoms with Crippen molar-refractivity contribution in [3.63, 3.8) is 0 Å². The van der Waals surface area contributed by atoms with Crippen LogP contribution in [-0.2, 0) is 6.42 Å². The average molecular weight is 408 g/mol. The molecular formula is C18H18F6N2O2. The van der Waals surface area contributed by atoms with E-state index >= 15 is 0 Å². The third-order valence-corrected chi connectivity index (χ3v) is 4.58. The highest BCUT2D eigenvalue weighted by atomic mass is 19.4. The molecule has 0 radical (unpaired) electrons. The van der Waals surface area contributed by atoms with E-state index in [-0.39, 0.29) is 13.2 Å². The molecule has 2 amide bonds. The first kappa shape index (κ1) is 21.7. The van der Waals surface area contributed by atoms with E-state index in [0.717, 1.165) is 5.56 Å². The molecule has 0 unspecified atom stereocenters. The maximum Gasteiger partial charge on any atom is 0.404 e. The van der Waals surface area contributed by atoms with E-state index in [9.17, 15) is 31.1 Å². The molecule has 1 aliphatic heterocycles. The summed E-state index contributed by atoms with van der Waals surface area (Å²) in [4.78, 5) is 12.5. The van der Waals surface area contributed by atoms with Gasteiger partial charge in [-0.1, -0.05) is 18.1 Å². The lowest BCUT2D eigenvalue weighted by Crippen LogP contribution is -2.53. The van der Waals surface area contributed by atoms with Gasteiger partial charge in [0.15, 0.2) is 5.41 Å². The van der Waals surface area contributed by atoms with Gasteiger partial charge in [0.2, 0.25) is 0 Å². The third kappa shape index (κ3) is 4.64. The van der Waals surface area contributed by atoms with E-state index in [1.165, 1.54) is 0 Å². The SMILES string of the molecule is C#CCOc1ccc(CCNC(=O)N2CCC(C(F)(F)F)(C(F)(F)F)C2)cc1. The lowest BCUT2D eigenvalue weighted by atomic mass is 9.85. The van der Waals surface area contributed by atoms with Gasteiger partial charge in [-0.3, -0.25) is 0 Å². The van der Waals surface area contributed by atoms with Gasteiger partial charge in [-0.2, -0.15) is 26.3 Å². The van der Waals surface area contributed by atoms with Gasteiger partial charge in [-0.05, 0) is 30.5 Å². The number of halogens is 6. The van der Waals surface area contributed by atoms with E-state index in [1.54, 1.807) is 24.3 Å². The maximum absolute atomic E-state index is 13.0. The molecule has 4 nitrogen and oxygen atoms in total. The van der Waals surface area contributed by atoms with Crippen molar-refractivity contribution in [3.05, 3.63) is 29.8 Å². The molecular weight excluding hydrogens is 390 g/mol. The van der Waals surface area contributed by atoms with E-state index in [4.69, 9.17) is 11.2 Å². The summed E-state index contributed by atoms with van der Waals surface area (Å²) in [6, 6.07) is 5.80. The molecule has 10 heteroatoms. The number of ether oxygens (including phenoxy) is 1. The monoisotopic (exact) mass is 408 g/mol. The molecule has 0 atom stereocenters. The zero-order valence-electron chi connectivity index (χ0n) is 14.7. The molecule has 1 heterocycles. The van der Waals surface area contributed by atoms with Crippen LogP contribution < -0.4 is 10.1 Å². The number of likely N-dealkylation sites (tertiary alicyclic amines) is 1. The number of alkyl halides is 6. The minimum atomic E-state index is -5.48. The second kappa shape index (κ2) is 8.20. The minimum absolute atomic E-state index is 0.0604. The highest BCUT2D eigenvalue weighted by molar-refractivity contribution is 5.74. The summed E-state index contributed by atoms with van der Waals surface area (Å²) in [6.45, 7) is -1.88. The molecule has 154 valence electrons. The Hall–Kier alpha value is -2.57. The summed E-state index contributed by atoms with van der Waals surface area (Å²) >= 11 is 0. The highest BCUT2D eigenvalue weighted by Crippen LogP contribution is 2.55. The largest absolute Gasteiger partial charge is 0.481 e. The normalized spacial score (nSPS) is 16.5. The molecule has 1 saturated heterocycles. The van der Waals surface area contributed by atoms with Gasteiger partial charge >= 0.3 is 18.4 Å². The molecule has 0 spiro atoms. The van der Waals surface area contributed by atoms with E-state index in [0.29, 0.717) is 17.1 Å². The predicted molar refractivity (Wildman–Crippen MR) is 88.6 cm³/mol. The third-order valence-electron chi connectivity index (χ3n) is 4.58. The van der Waals surface area contributed by atoms with Crippen molar-refractivity contribution in [1.82, 2.24) is 10.2 Å². The van der Waals surface area contributed by atoms with E-state index in [1.807, 2.05) is 0 Å². The molecule has 1 aliphatic rings. The zero-order chi connectivity index (χ0) is 21.0. The molecule has 0 saturated carbocycles. The number of carbonyl (C=O) groups excluding carboxylic acids is 1. The Morgan fingerprint density at radius 1 is 1.18 bits per heavy atom. The Kier molecular flexibility index (Phi) is 6.37. The Morgan fingerprint density at radius 3 is 2.29 bits per heavy atom. The first-order valence-electron chi connectivity index (χ1n) is 8.31. The van der Waals surface area contributed by atoms with Gasteiger partial charge in [0.1, 0.15) is 12.4 Å². The number of amides is 2. The van der Waals surface area contributed by atoms with Crippen molar-refractivity contribution >= 4 is 6.03 Å². The van der Waals surface area contributed by atoms with Gasteiger partial charge in [0, 0.05) is 19.6 Å². The Morgan fingerprint density at radius 2 is 1.79 bits per heavy atom. The molecule has 2 rings (SSSR count). The molecule has 0 aromatic heterocycles. The highest BCUT2D eigenvalue weighted by Gasteiger charge is 2.72. The molecule has 1 fully saturated rings. The lowest BCUT2D eigenvalue weighted by Gasteiger charge is -2.33. The summed E-state index contributed by atoms with van der Waals surface area (Å²) in [5.74, 6) is 2.87. The molecule has 0 bridgehead atoms. The van der Waals surface area contributed by atoms with Crippen LogP contribution in [0.3, 0.4) is 0 Å². The molecule has 1 aromatic carbocycles. The van der Waals surface area contributed by atoms with Crippen LogP contribution in [0.2, 0.25) is 0 Å². The number of nitrogens with zero attached hydrogens (tertiary/aromatic N) is 1. The van der Waals surface area contributed by atoms with Gasteiger partial charge in [0.25, 0.3) is 0 Å². The van der Waals surface area contributed by atoms with Gasteiger partial charge in [-0.15, -0.1) is 6.42 Å². The number of rotatable bonds is 5. The van der Waals surface area contributed by atoms with Crippen LogP contribution in [0.15, 0.2) is 24.3 Å². The van der Waals surface area contributed by atoms with Gasteiger partial charge < -0.3 is 15.0 Å². The number of nitrogens with one attached hydrogen (secondary N) is 1. The smallest absolute Gasteiger partial charge is 0.404 e. The minimum Gasteiger partial charge on any atom is -0.481 e. The number of benzene rings is 1. The number of hydrogen-bond donors (Lipinski definition) is 1. The Balaban J connectivity index is 1.88. The summed E-state index contributed by atoms with van der Waals surface area (Å²) < 4.78 is 83.4. The zero-order valence-corrected chi connectivity index (χ0v) is 14.7. The summed E-state index contributed by atoms with van der Waals surface area (Å²) in [5, 5.41) is 2.36. The van der Waals surface area contributed by atoms with Crippen LogP contribution in [-0.4, -0.2) is 49.5 Å². The van der Waals surface area contributed by atoms with Crippen LogP contribution in [0, 0.1) is 17.8 Å². The van der Waals surface area contributed by atoms with Gasteiger partial charge in [-0.25, -0.2) is 4.79 Å². The van der Waals surface area contributed by atoms with Crippen molar-refractivity contribution in [2.75, 3.05) is 26.2 Å². The van der Waals surface area contributed by atoms with Crippen LogP contribution in [0.4, 0.5) is 31.1 Å². The number of carbonyl (C=O) groups is 1. The molecule has 1 N–H and O–H groups in total. The average Bonchev–Trinajstić information content (AvgIpc) is 3.08. The van der Waals surface area contributed by atoms with E-state index < -0.39 is 43.3 Å². The lowest BCUT2D eigenvalue weighted by molar-refractivity contribution is -0.334. The van der Waals surface area contributed by atoms with Crippen LogP contribution in [0.5, 0.6) is 5.75 Å². The number of hydrogen-bond acceptors (Lipinski definition) is 2. The molecule has 28 heavy (non-hydrogen) atoms. The van der Waals surface area contributed by atoms with Crippen molar-refractivity contribution in [3.8, 4) is 18.1 Å². The van der Waals surface area contributed by atoms with Gasteiger partial charge in [0.05, 0.1) is 0 Å². The molecule has 0 aliphatic carbocycles. The van der Waals surface area contributed by atoms with Crippen LogP contribution in [0.1, 0.15) is 12.0 Å².